The van der Waals surface area contributed by atoms with Crippen LogP contribution in [0.25, 0.3) is 0 Å². The third-order valence-corrected chi connectivity index (χ3v) is 2.10. The lowest BCUT2D eigenvalue weighted by Gasteiger charge is -2.28. The first-order valence-electron chi connectivity index (χ1n) is 5.23. The fourth-order valence-electron chi connectivity index (χ4n) is 1.43. The third kappa shape index (κ3) is 4.46. The highest BCUT2D eigenvalue weighted by molar-refractivity contribution is 5.68. The second-order valence-corrected chi connectivity index (χ2v) is 4.76. The van der Waals surface area contributed by atoms with Gasteiger partial charge in [-0.15, -0.1) is 0 Å². The van der Waals surface area contributed by atoms with Crippen molar-refractivity contribution in [1.82, 2.24) is 10.6 Å². The van der Waals surface area contributed by atoms with Gasteiger partial charge in [-0.3, -0.25) is 0 Å². The van der Waals surface area contributed by atoms with Gasteiger partial charge in [0, 0.05) is 6.54 Å². The number of piperidine rings is 1. The molecular weight excluding hydrogens is 199 g/mol. The van der Waals surface area contributed by atoms with Crippen LogP contribution in [0, 0.1) is 0 Å². The molecule has 1 fully saturated rings. The van der Waals surface area contributed by atoms with E-state index in [2.05, 4.69) is 10.6 Å². The van der Waals surface area contributed by atoms with Crippen LogP contribution < -0.4 is 10.6 Å². The van der Waals surface area contributed by atoms with Crippen molar-refractivity contribution in [1.29, 1.82) is 0 Å². The molecule has 1 aliphatic rings. The minimum atomic E-state index is -0.987. The zero-order chi connectivity index (χ0) is 11.5. The van der Waals surface area contributed by atoms with Crippen LogP contribution in [0.15, 0.2) is 0 Å². The standard InChI is InChI=1S/C10H19FN2O2/c1-10(2,3)15-9(14)13-8-6-12-5-4-7(8)11/h7-8,12H,4-6H2,1-3H3,(H,13,14)/t7-,8-/m0/s1. The highest BCUT2D eigenvalue weighted by Crippen LogP contribution is 2.10. The van der Waals surface area contributed by atoms with E-state index in [0.29, 0.717) is 19.5 Å². The molecule has 0 aromatic rings. The smallest absolute Gasteiger partial charge is 0.408 e. The maximum Gasteiger partial charge on any atom is 0.408 e. The molecule has 0 radical (unpaired) electrons. The summed E-state index contributed by atoms with van der Waals surface area (Å²) in [6, 6.07) is -0.478. The Hall–Kier alpha value is -0.840. The molecule has 2 N–H and O–H groups in total. The molecule has 1 amide bonds. The monoisotopic (exact) mass is 218 g/mol. The van der Waals surface area contributed by atoms with Crippen LogP contribution in [0.1, 0.15) is 27.2 Å². The predicted molar refractivity (Wildman–Crippen MR) is 55.5 cm³/mol. The molecule has 0 bridgehead atoms. The van der Waals surface area contributed by atoms with Gasteiger partial charge in [-0.2, -0.15) is 0 Å². The van der Waals surface area contributed by atoms with E-state index in [1.807, 2.05) is 0 Å². The topological polar surface area (TPSA) is 50.4 Å². The number of hydrogen-bond donors (Lipinski definition) is 2. The van der Waals surface area contributed by atoms with E-state index in [9.17, 15) is 9.18 Å². The molecule has 0 aromatic heterocycles. The van der Waals surface area contributed by atoms with Gasteiger partial charge in [0.1, 0.15) is 11.8 Å². The van der Waals surface area contributed by atoms with Gasteiger partial charge in [0.05, 0.1) is 6.04 Å². The minimum absolute atomic E-state index is 0.431. The Balaban J connectivity index is 2.36. The largest absolute Gasteiger partial charge is 0.444 e. The Morgan fingerprint density at radius 3 is 2.73 bits per heavy atom. The average molecular weight is 218 g/mol. The SMILES string of the molecule is CC(C)(C)OC(=O)N[C@H]1CNCC[C@@H]1F. The number of alkyl halides is 1. The number of nitrogens with one attached hydrogen (secondary N) is 2. The molecule has 0 unspecified atom stereocenters. The van der Waals surface area contributed by atoms with E-state index in [1.54, 1.807) is 20.8 Å². The van der Waals surface area contributed by atoms with Crippen LogP contribution in [0.2, 0.25) is 0 Å². The first kappa shape index (κ1) is 12.2. The third-order valence-electron chi connectivity index (χ3n) is 2.10. The Morgan fingerprint density at radius 2 is 2.20 bits per heavy atom. The molecular formula is C10H19FN2O2. The van der Waals surface area contributed by atoms with Gasteiger partial charge >= 0.3 is 6.09 Å². The molecule has 0 aromatic carbocycles. The summed E-state index contributed by atoms with van der Waals surface area (Å²) in [5.41, 5.74) is -0.544. The van der Waals surface area contributed by atoms with Crippen LogP contribution in [0.3, 0.4) is 0 Å². The highest BCUT2D eigenvalue weighted by atomic mass is 19.1. The van der Waals surface area contributed by atoms with Gasteiger partial charge in [-0.25, -0.2) is 9.18 Å². The predicted octanol–water partition coefficient (Wildman–Crippen LogP) is 1.21. The van der Waals surface area contributed by atoms with Crippen LogP contribution in [0.4, 0.5) is 9.18 Å². The summed E-state index contributed by atoms with van der Waals surface area (Å²) in [6.45, 7) is 6.45. The lowest BCUT2D eigenvalue weighted by molar-refractivity contribution is 0.0459. The van der Waals surface area contributed by atoms with Crippen molar-refractivity contribution in [3.05, 3.63) is 0 Å². The maximum atomic E-state index is 13.3. The van der Waals surface area contributed by atoms with E-state index in [-0.39, 0.29) is 0 Å². The first-order valence-corrected chi connectivity index (χ1v) is 5.23. The fraction of sp³-hybridized carbons (Fsp3) is 0.900. The Kier molecular flexibility index (Phi) is 3.90. The van der Waals surface area contributed by atoms with Gasteiger partial charge in [0.15, 0.2) is 0 Å². The number of rotatable bonds is 1. The zero-order valence-electron chi connectivity index (χ0n) is 9.47. The van der Waals surface area contributed by atoms with E-state index in [4.69, 9.17) is 4.74 Å². The second kappa shape index (κ2) is 4.79. The van der Waals surface area contributed by atoms with Crippen LogP contribution in [-0.4, -0.2) is 37.0 Å². The summed E-state index contributed by atoms with van der Waals surface area (Å²) >= 11 is 0. The van der Waals surface area contributed by atoms with Crippen molar-refractivity contribution in [2.45, 2.75) is 45.0 Å². The molecule has 88 valence electrons. The molecule has 0 saturated carbocycles. The molecule has 0 spiro atoms. The summed E-state index contributed by atoms with van der Waals surface area (Å²) in [4.78, 5) is 11.3. The van der Waals surface area contributed by atoms with Gasteiger partial charge in [-0.1, -0.05) is 0 Å². The van der Waals surface area contributed by atoms with Crippen molar-refractivity contribution in [3.8, 4) is 0 Å². The lowest BCUT2D eigenvalue weighted by atomic mass is 10.1. The normalized spacial score (nSPS) is 27.2. The fourth-order valence-corrected chi connectivity index (χ4v) is 1.43. The summed E-state index contributed by atoms with van der Waals surface area (Å²) < 4.78 is 18.4. The van der Waals surface area contributed by atoms with E-state index in [0.717, 1.165) is 0 Å². The number of carbonyl (C=O) groups excluding carboxylic acids is 1. The number of amides is 1. The van der Waals surface area contributed by atoms with Crippen molar-refractivity contribution >= 4 is 6.09 Å². The molecule has 1 rings (SSSR count). The number of halogens is 1. The van der Waals surface area contributed by atoms with Crippen LogP contribution in [-0.2, 0) is 4.74 Å². The van der Waals surface area contributed by atoms with Crippen LogP contribution >= 0.6 is 0 Å². The van der Waals surface area contributed by atoms with Crippen LogP contribution in [0.5, 0.6) is 0 Å². The van der Waals surface area contributed by atoms with E-state index >= 15 is 0 Å². The summed E-state index contributed by atoms with van der Waals surface area (Å²) in [5, 5.41) is 5.55. The Labute approximate surface area is 89.6 Å². The molecule has 5 heteroatoms. The number of hydrogen-bond acceptors (Lipinski definition) is 3. The summed E-state index contributed by atoms with van der Waals surface area (Å²) in [6.07, 6.45) is -1.11. The Bertz CT molecular complexity index is 228. The zero-order valence-corrected chi connectivity index (χ0v) is 9.47. The van der Waals surface area contributed by atoms with Crippen molar-refractivity contribution in [3.63, 3.8) is 0 Å². The number of ether oxygens (including phenoxy) is 1. The van der Waals surface area contributed by atoms with Gasteiger partial charge in [-0.05, 0) is 33.7 Å². The first-order chi connectivity index (χ1) is 6.88. The molecule has 1 heterocycles. The Morgan fingerprint density at radius 1 is 1.53 bits per heavy atom. The second-order valence-electron chi connectivity index (χ2n) is 4.76. The van der Waals surface area contributed by atoms with Gasteiger partial charge < -0.3 is 15.4 Å². The summed E-state index contributed by atoms with van der Waals surface area (Å²) in [5.74, 6) is 0. The molecule has 0 aliphatic carbocycles. The highest BCUT2D eigenvalue weighted by Gasteiger charge is 2.27. The van der Waals surface area contributed by atoms with Gasteiger partial charge in [0.25, 0.3) is 0 Å². The average Bonchev–Trinajstić information content (AvgIpc) is 2.05. The van der Waals surface area contributed by atoms with E-state index in [1.165, 1.54) is 0 Å². The van der Waals surface area contributed by atoms with Crippen molar-refractivity contribution < 1.29 is 13.9 Å². The quantitative estimate of drug-likeness (QED) is 0.695. The molecule has 1 saturated heterocycles. The molecule has 15 heavy (non-hydrogen) atoms. The van der Waals surface area contributed by atoms with Gasteiger partial charge in [0.2, 0.25) is 0 Å². The van der Waals surface area contributed by atoms with Crippen molar-refractivity contribution in [2.24, 2.45) is 0 Å². The maximum absolute atomic E-state index is 13.3. The number of carbonyl (C=O) groups is 1. The summed E-state index contributed by atoms with van der Waals surface area (Å²) in [7, 11) is 0. The number of alkyl carbamates (subject to hydrolysis) is 1. The van der Waals surface area contributed by atoms with E-state index < -0.39 is 23.9 Å². The minimum Gasteiger partial charge on any atom is -0.444 e. The lowest BCUT2D eigenvalue weighted by Crippen LogP contribution is -2.53. The molecule has 1 aliphatic heterocycles. The van der Waals surface area contributed by atoms with Crippen molar-refractivity contribution in [2.75, 3.05) is 13.1 Å². The molecule has 2 atom stereocenters. The molecule has 4 nitrogen and oxygen atoms in total.